The van der Waals surface area contributed by atoms with E-state index >= 15 is 0 Å². The average Bonchev–Trinajstić information content (AvgIpc) is 2.98. The van der Waals surface area contributed by atoms with Gasteiger partial charge in [-0.05, 0) is 49.2 Å². The van der Waals surface area contributed by atoms with Gasteiger partial charge in [-0.2, -0.15) is 5.10 Å². The van der Waals surface area contributed by atoms with Gasteiger partial charge in [-0.25, -0.2) is 0 Å². The molecule has 1 aliphatic heterocycles. The summed E-state index contributed by atoms with van der Waals surface area (Å²) in [4.78, 5) is 0. The maximum Gasteiger partial charge on any atom is 0.0699 e. The van der Waals surface area contributed by atoms with Gasteiger partial charge in [-0.15, -0.1) is 0 Å². The van der Waals surface area contributed by atoms with Crippen LogP contribution in [0.15, 0.2) is 10.7 Å². The Bertz CT molecular complexity index is 407. The van der Waals surface area contributed by atoms with Crippen LogP contribution in [0.25, 0.3) is 0 Å². The van der Waals surface area contributed by atoms with Crippen molar-refractivity contribution in [3.8, 4) is 0 Å². The molecule has 0 amide bonds. The molecule has 1 N–H and O–H groups in total. The van der Waals surface area contributed by atoms with Crippen molar-refractivity contribution in [3.05, 3.63) is 16.4 Å². The van der Waals surface area contributed by atoms with Crippen LogP contribution in [-0.2, 0) is 11.3 Å². The Morgan fingerprint density at radius 3 is 2.95 bits per heavy atom. The van der Waals surface area contributed by atoms with Gasteiger partial charge in [-0.3, -0.25) is 4.68 Å². The number of aryl methyl sites for hydroxylation is 1. The lowest BCUT2D eigenvalue weighted by atomic mass is 9.94. The molecule has 1 aromatic heterocycles. The van der Waals surface area contributed by atoms with Gasteiger partial charge >= 0.3 is 0 Å². The molecule has 1 fully saturated rings. The minimum absolute atomic E-state index is 0.321. The Labute approximate surface area is 124 Å². The predicted molar refractivity (Wildman–Crippen MR) is 80.2 cm³/mol. The van der Waals surface area contributed by atoms with Gasteiger partial charge in [0, 0.05) is 12.5 Å². The molecule has 4 nitrogen and oxygen atoms in total. The topological polar surface area (TPSA) is 39.1 Å². The summed E-state index contributed by atoms with van der Waals surface area (Å²) in [7, 11) is 0. The molecule has 1 saturated heterocycles. The molecule has 19 heavy (non-hydrogen) atoms. The van der Waals surface area contributed by atoms with Gasteiger partial charge in [0.2, 0.25) is 0 Å². The summed E-state index contributed by atoms with van der Waals surface area (Å²) in [6, 6.07) is 0.321. The average molecular weight is 330 g/mol. The second-order valence-corrected chi connectivity index (χ2v) is 6.12. The summed E-state index contributed by atoms with van der Waals surface area (Å²) < 4.78 is 8.94. The van der Waals surface area contributed by atoms with E-state index in [-0.39, 0.29) is 0 Å². The zero-order chi connectivity index (χ0) is 13.8. The largest absolute Gasteiger partial charge is 0.378 e. The highest BCUT2D eigenvalue weighted by Gasteiger charge is 2.33. The van der Waals surface area contributed by atoms with Gasteiger partial charge in [-0.1, -0.05) is 6.92 Å². The molecular weight excluding hydrogens is 306 g/mol. The third-order valence-electron chi connectivity index (χ3n) is 3.74. The summed E-state index contributed by atoms with van der Waals surface area (Å²) in [5, 5.41) is 8.12. The summed E-state index contributed by atoms with van der Waals surface area (Å²) in [5.74, 6) is 0.528. The Morgan fingerprint density at radius 2 is 2.37 bits per heavy atom. The molecule has 0 aliphatic carbocycles. The molecule has 1 aliphatic rings. The van der Waals surface area contributed by atoms with Crippen LogP contribution >= 0.6 is 15.9 Å². The Balaban J connectivity index is 2.23. The van der Waals surface area contributed by atoms with Crippen LogP contribution in [0.5, 0.6) is 0 Å². The van der Waals surface area contributed by atoms with E-state index in [1.165, 1.54) is 5.69 Å². The molecule has 5 heteroatoms. The van der Waals surface area contributed by atoms with Crippen LogP contribution in [0.3, 0.4) is 0 Å². The first kappa shape index (κ1) is 15.0. The number of nitrogens with one attached hydrogen (secondary N) is 1. The molecule has 3 atom stereocenters. The fraction of sp³-hybridized carbons (Fsp3) is 0.786. The molecule has 0 aromatic carbocycles. The molecule has 0 radical (unpaired) electrons. The highest BCUT2D eigenvalue weighted by molar-refractivity contribution is 9.10. The SMILES string of the molecule is CCCNC(c1c(Br)cnn1CC)C1COC(C)C1. The van der Waals surface area contributed by atoms with E-state index in [4.69, 9.17) is 4.74 Å². The highest BCUT2D eigenvalue weighted by Crippen LogP contribution is 2.35. The third-order valence-corrected chi connectivity index (χ3v) is 4.35. The molecule has 1 aromatic rings. The number of nitrogens with zero attached hydrogens (tertiary/aromatic N) is 2. The summed E-state index contributed by atoms with van der Waals surface area (Å²) in [6.07, 6.45) is 4.52. The molecule has 108 valence electrons. The van der Waals surface area contributed by atoms with Crippen molar-refractivity contribution in [3.63, 3.8) is 0 Å². The Morgan fingerprint density at radius 1 is 1.58 bits per heavy atom. The van der Waals surface area contributed by atoms with Gasteiger partial charge in [0.1, 0.15) is 0 Å². The number of halogens is 1. The Hall–Kier alpha value is -0.390. The van der Waals surface area contributed by atoms with E-state index in [0.29, 0.717) is 18.1 Å². The van der Waals surface area contributed by atoms with E-state index in [1.807, 2.05) is 6.20 Å². The molecule has 0 spiro atoms. The fourth-order valence-corrected chi connectivity index (χ4v) is 3.35. The number of hydrogen-bond donors (Lipinski definition) is 1. The van der Waals surface area contributed by atoms with Crippen molar-refractivity contribution in [2.75, 3.05) is 13.2 Å². The maximum absolute atomic E-state index is 5.75. The van der Waals surface area contributed by atoms with Crippen LogP contribution in [0.4, 0.5) is 0 Å². The molecule has 0 bridgehead atoms. The van der Waals surface area contributed by atoms with E-state index in [2.05, 4.69) is 51.8 Å². The number of hydrogen-bond acceptors (Lipinski definition) is 3. The van der Waals surface area contributed by atoms with Crippen molar-refractivity contribution < 1.29 is 4.74 Å². The van der Waals surface area contributed by atoms with Crippen molar-refractivity contribution in [1.82, 2.24) is 15.1 Å². The van der Waals surface area contributed by atoms with Gasteiger partial charge in [0.15, 0.2) is 0 Å². The van der Waals surface area contributed by atoms with Crippen LogP contribution in [0.1, 0.15) is 45.3 Å². The van der Waals surface area contributed by atoms with Crippen LogP contribution in [0, 0.1) is 5.92 Å². The number of aromatic nitrogens is 2. The summed E-state index contributed by atoms with van der Waals surface area (Å²) in [6.45, 7) is 9.25. The smallest absolute Gasteiger partial charge is 0.0699 e. The van der Waals surface area contributed by atoms with E-state index in [1.54, 1.807) is 0 Å². The zero-order valence-corrected chi connectivity index (χ0v) is 13.6. The second kappa shape index (κ2) is 6.86. The van der Waals surface area contributed by atoms with E-state index in [9.17, 15) is 0 Å². The fourth-order valence-electron chi connectivity index (χ4n) is 2.80. The highest BCUT2D eigenvalue weighted by atomic mass is 79.9. The Kier molecular flexibility index (Phi) is 5.42. The lowest BCUT2D eigenvalue weighted by molar-refractivity contribution is 0.116. The van der Waals surface area contributed by atoms with Crippen LogP contribution in [0.2, 0.25) is 0 Å². The zero-order valence-electron chi connectivity index (χ0n) is 12.0. The lowest BCUT2D eigenvalue weighted by Gasteiger charge is -2.25. The van der Waals surface area contributed by atoms with Crippen LogP contribution < -0.4 is 5.32 Å². The first-order valence-corrected chi connectivity index (χ1v) is 8.02. The monoisotopic (exact) mass is 329 g/mol. The minimum Gasteiger partial charge on any atom is -0.378 e. The summed E-state index contributed by atoms with van der Waals surface area (Å²) in [5.41, 5.74) is 1.26. The van der Waals surface area contributed by atoms with E-state index < -0.39 is 0 Å². The van der Waals surface area contributed by atoms with E-state index in [0.717, 1.165) is 37.0 Å². The van der Waals surface area contributed by atoms with Crippen molar-refractivity contribution in [1.29, 1.82) is 0 Å². The van der Waals surface area contributed by atoms with Crippen molar-refractivity contribution >= 4 is 15.9 Å². The molecular formula is C14H24BrN3O. The molecule has 2 heterocycles. The van der Waals surface area contributed by atoms with Crippen molar-refractivity contribution in [2.24, 2.45) is 5.92 Å². The van der Waals surface area contributed by atoms with Crippen molar-refractivity contribution in [2.45, 2.75) is 52.3 Å². The number of ether oxygens (including phenoxy) is 1. The van der Waals surface area contributed by atoms with Gasteiger partial charge in [0.25, 0.3) is 0 Å². The quantitative estimate of drug-likeness (QED) is 0.871. The third kappa shape index (κ3) is 3.38. The van der Waals surface area contributed by atoms with Gasteiger partial charge in [0.05, 0.1) is 35.1 Å². The first-order valence-electron chi connectivity index (χ1n) is 7.23. The molecule has 2 rings (SSSR count). The standard InChI is InChI=1S/C14H24BrN3O/c1-4-6-16-13(11-7-10(3)19-9-11)14-12(15)8-17-18(14)5-2/h8,10-11,13,16H,4-7,9H2,1-3H3. The second-order valence-electron chi connectivity index (χ2n) is 5.27. The lowest BCUT2D eigenvalue weighted by Crippen LogP contribution is -2.31. The summed E-state index contributed by atoms with van der Waals surface area (Å²) >= 11 is 3.65. The minimum atomic E-state index is 0.321. The van der Waals surface area contributed by atoms with Crippen LogP contribution in [-0.4, -0.2) is 29.0 Å². The molecule has 0 saturated carbocycles. The normalized spacial score (nSPS) is 24.8. The maximum atomic E-state index is 5.75. The predicted octanol–water partition coefficient (Wildman–Crippen LogP) is 3.13. The molecule has 3 unspecified atom stereocenters. The first-order chi connectivity index (χ1) is 9.17. The number of rotatable bonds is 6. The van der Waals surface area contributed by atoms with Gasteiger partial charge < -0.3 is 10.1 Å².